The summed E-state index contributed by atoms with van der Waals surface area (Å²) >= 11 is 5.94. The van der Waals surface area contributed by atoms with Gasteiger partial charge in [0.05, 0.1) is 0 Å². The van der Waals surface area contributed by atoms with Gasteiger partial charge in [-0.05, 0) is 18.7 Å². The smallest absolute Gasteiger partial charge is 0.0494 e. The summed E-state index contributed by atoms with van der Waals surface area (Å²) in [5.41, 5.74) is 2.55. The fourth-order valence-electron chi connectivity index (χ4n) is 1.98. The maximum atomic E-state index is 5.94. The highest BCUT2D eigenvalue weighted by Gasteiger charge is 2.15. The van der Waals surface area contributed by atoms with Crippen LogP contribution in [0.15, 0.2) is 24.3 Å². The van der Waals surface area contributed by atoms with Crippen molar-refractivity contribution in [2.24, 2.45) is 0 Å². The number of piperazine rings is 1. The molecule has 1 fully saturated rings. The van der Waals surface area contributed by atoms with E-state index in [-0.39, 0.29) is 12.4 Å². The molecule has 90 valence electrons. The Kier molecular flexibility index (Phi) is 5.39. The van der Waals surface area contributed by atoms with E-state index in [1.165, 1.54) is 11.3 Å². The summed E-state index contributed by atoms with van der Waals surface area (Å²) in [6.07, 6.45) is 0. The molecule has 2 rings (SSSR count). The van der Waals surface area contributed by atoms with Gasteiger partial charge in [0.1, 0.15) is 0 Å². The highest BCUT2D eigenvalue weighted by atomic mass is 35.5. The van der Waals surface area contributed by atoms with Gasteiger partial charge in [0.15, 0.2) is 0 Å². The van der Waals surface area contributed by atoms with Crippen molar-refractivity contribution in [3.63, 3.8) is 0 Å². The number of nitrogens with zero attached hydrogens (tertiary/aromatic N) is 2. The van der Waals surface area contributed by atoms with Crippen molar-refractivity contribution in [2.45, 2.75) is 5.88 Å². The van der Waals surface area contributed by atoms with E-state index in [9.17, 15) is 0 Å². The second kappa shape index (κ2) is 6.33. The molecule has 0 radical (unpaired) electrons. The molecule has 0 bridgehead atoms. The van der Waals surface area contributed by atoms with Gasteiger partial charge in [-0.3, -0.25) is 0 Å². The lowest BCUT2D eigenvalue weighted by molar-refractivity contribution is 0.312. The summed E-state index contributed by atoms with van der Waals surface area (Å²) in [6, 6.07) is 8.42. The number of rotatable bonds is 2. The first-order valence-electron chi connectivity index (χ1n) is 5.38. The Morgan fingerprint density at radius 2 is 1.75 bits per heavy atom. The highest BCUT2D eigenvalue weighted by Crippen LogP contribution is 2.22. The number of para-hydroxylation sites is 1. The Balaban J connectivity index is 0.00000128. The summed E-state index contributed by atoms with van der Waals surface area (Å²) in [6.45, 7) is 4.47. The monoisotopic (exact) mass is 260 g/mol. The maximum absolute atomic E-state index is 5.94. The molecular formula is C12H18Cl2N2. The van der Waals surface area contributed by atoms with E-state index in [0.717, 1.165) is 26.2 Å². The summed E-state index contributed by atoms with van der Waals surface area (Å²) in [7, 11) is 2.17. The molecule has 0 atom stereocenters. The van der Waals surface area contributed by atoms with E-state index in [1.54, 1.807) is 0 Å². The summed E-state index contributed by atoms with van der Waals surface area (Å²) in [5.74, 6) is 0.600. The predicted molar refractivity (Wildman–Crippen MR) is 73.0 cm³/mol. The second-order valence-corrected chi connectivity index (χ2v) is 4.32. The van der Waals surface area contributed by atoms with Crippen molar-refractivity contribution in [3.8, 4) is 0 Å². The molecule has 0 spiro atoms. The SMILES string of the molecule is CN1CCN(c2ccccc2CCl)CC1.Cl. The van der Waals surface area contributed by atoms with Gasteiger partial charge >= 0.3 is 0 Å². The minimum absolute atomic E-state index is 0. The van der Waals surface area contributed by atoms with Crippen LogP contribution < -0.4 is 4.90 Å². The van der Waals surface area contributed by atoms with Gasteiger partial charge in [0.2, 0.25) is 0 Å². The maximum Gasteiger partial charge on any atom is 0.0494 e. The molecule has 0 aromatic heterocycles. The molecule has 0 unspecified atom stereocenters. The van der Waals surface area contributed by atoms with Crippen molar-refractivity contribution in [1.82, 2.24) is 4.90 Å². The Labute approximate surface area is 109 Å². The van der Waals surface area contributed by atoms with Crippen LogP contribution in [-0.2, 0) is 5.88 Å². The normalized spacial score (nSPS) is 17.0. The molecular weight excluding hydrogens is 243 g/mol. The summed E-state index contributed by atoms with van der Waals surface area (Å²) in [4.78, 5) is 4.79. The lowest BCUT2D eigenvalue weighted by Crippen LogP contribution is -2.44. The van der Waals surface area contributed by atoms with Crippen molar-refractivity contribution in [1.29, 1.82) is 0 Å². The van der Waals surface area contributed by atoms with Crippen LogP contribution >= 0.6 is 24.0 Å². The third kappa shape index (κ3) is 3.03. The topological polar surface area (TPSA) is 6.48 Å². The summed E-state index contributed by atoms with van der Waals surface area (Å²) < 4.78 is 0. The van der Waals surface area contributed by atoms with Crippen molar-refractivity contribution >= 4 is 29.7 Å². The molecule has 16 heavy (non-hydrogen) atoms. The molecule has 1 heterocycles. The molecule has 1 aliphatic rings. The number of hydrogen-bond donors (Lipinski definition) is 0. The summed E-state index contributed by atoms with van der Waals surface area (Å²) in [5, 5.41) is 0. The second-order valence-electron chi connectivity index (χ2n) is 4.05. The predicted octanol–water partition coefficient (Wildman–Crippen LogP) is 2.60. The lowest BCUT2D eigenvalue weighted by atomic mass is 10.1. The zero-order valence-electron chi connectivity index (χ0n) is 9.53. The Morgan fingerprint density at radius 3 is 2.38 bits per heavy atom. The third-order valence-corrected chi connectivity index (χ3v) is 3.27. The van der Waals surface area contributed by atoms with Gasteiger partial charge in [-0.2, -0.15) is 0 Å². The number of benzene rings is 1. The van der Waals surface area contributed by atoms with Gasteiger partial charge < -0.3 is 9.80 Å². The van der Waals surface area contributed by atoms with Crippen LogP contribution in [0, 0.1) is 0 Å². The van der Waals surface area contributed by atoms with E-state index in [2.05, 4.69) is 41.1 Å². The number of likely N-dealkylation sites (N-methyl/N-ethyl adjacent to an activating group) is 1. The molecule has 0 aliphatic carbocycles. The number of hydrogen-bond acceptors (Lipinski definition) is 2. The van der Waals surface area contributed by atoms with Gasteiger partial charge in [-0.25, -0.2) is 0 Å². The quantitative estimate of drug-likeness (QED) is 0.755. The minimum atomic E-state index is 0. The van der Waals surface area contributed by atoms with Crippen LogP contribution in [0.1, 0.15) is 5.56 Å². The molecule has 1 aromatic rings. The van der Waals surface area contributed by atoms with Crippen LogP contribution in [0.5, 0.6) is 0 Å². The average Bonchev–Trinajstić information content (AvgIpc) is 2.30. The Bertz CT molecular complexity index is 323. The molecule has 0 saturated carbocycles. The fourth-order valence-corrected chi connectivity index (χ4v) is 2.21. The van der Waals surface area contributed by atoms with Gasteiger partial charge in [-0.15, -0.1) is 24.0 Å². The minimum Gasteiger partial charge on any atom is -0.369 e. The number of anilines is 1. The lowest BCUT2D eigenvalue weighted by Gasteiger charge is -2.35. The van der Waals surface area contributed by atoms with Crippen LogP contribution in [0.4, 0.5) is 5.69 Å². The van der Waals surface area contributed by atoms with Crippen LogP contribution in [0.3, 0.4) is 0 Å². The molecule has 1 saturated heterocycles. The van der Waals surface area contributed by atoms with Crippen LogP contribution in [0.25, 0.3) is 0 Å². The van der Waals surface area contributed by atoms with Crippen molar-refractivity contribution < 1.29 is 0 Å². The number of alkyl halides is 1. The van der Waals surface area contributed by atoms with Gasteiger partial charge in [0.25, 0.3) is 0 Å². The zero-order valence-corrected chi connectivity index (χ0v) is 11.1. The van der Waals surface area contributed by atoms with E-state index in [4.69, 9.17) is 11.6 Å². The van der Waals surface area contributed by atoms with Gasteiger partial charge in [0, 0.05) is 37.7 Å². The van der Waals surface area contributed by atoms with E-state index in [1.807, 2.05) is 0 Å². The van der Waals surface area contributed by atoms with Crippen LogP contribution in [0.2, 0.25) is 0 Å². The molecule has 2 nitrogen and oxygen atoms in total. The van der Waals surface area contributed by atoms with Crippen molar-refractivity contribution in [2.75, 3.05) is 38.1 Å². The zero-order chi connectivity index (χ0) is 10.7. The largest absolute Gasteiger partial charge is 0.369 e. The Morgan fingerprint density at radius 1 is 1.12 bits per heavy atom. The molecule has 0 amide bonds. The third-order valence-electron chi connectivity index (χ3n) is 2.98. The number of halogens is 2. The van der Waals surface area contributed by atoms with E-state index >= 15 is 0 Å². The first kappa shape index (κ1) is 13.6. The van der Waals surface area contributed by atoms with E-state index < -0.39 is 0 Å². The highest BCUT2D eigenvalue weighted by molar-refractivity contribution is 6.17. The Hall–Kier alpha value is -0.440. The average molecular weight is 261 g/mol. The molecule has 0 N–H and O–H groups in total. The van der Waals surface area contributed by atoms with Gasteiger partial charge in [-0.1, -0.05) is 18.2 Å². The van der Waals surface area contributed by atoms with E-state index in [0.29, 0.717) is 5.88 Å². The molecule has 1 aromatic carbocycles. The van der Waals surface area contributed by atoms with Crippen molar-refractivity contribution in [3.05, 3.63) is 29.8 Å². The molecule has 4 heteroatoms. The first-order valence-corrected chi connectivity index (χ1v) is 5.92. The first-order chi connectivity index (χ1) is 7.31. The van der Waals surface area contributed by atoms with Crippen LogP contribution in [-0.4, -0.2) is 38.1 Å². The fraction of sp³-hybridized carbons (Fsp3) is 0.500. The molecule has 1 aliphatic heterocycles. The standard InChI is InChI=1S/C12H17ClN2.ClH/c1-14-6-8-15(9-7-14)12-5-3-2-4-11(12)10-13;/h2-5H,6-10H2,1H3;1H.